The molecule has 0 unspecified atom stereocenters. The molecule has 0 spiro atoms. The number of aryl methyl sites for hydroxylation is 1. The van der Waals surface area contributed by atoms with Gasteiger partial charge in [0.1, 0.15) is 18.4 Å². The summed E-state index contributed by atoms with van der Waals surface area (Å²) in [7, 11) is -3.86. The Kier molecular flexibility index (Phi) is 10.2. The Morgan fingerprint density at radius 2 is 1.51 bits per heavy atom. The van der Waals surface area contributed by atoms with Gasteiger partial charge in [0, 0.05) is 24.6 Å². The lowest BCUT2D eigenvalue weighted by molar-refractivity contribution is -0.140. The van der Waals surface area contributed by atoms with E-state index in [1.807, 2.05) is 63.2 Å². The zero-order valence-corrected chi connectivity index (χ0v) is 23.6. The summed E-state index contributed by atoms with van der Waals surface area (Å²) in [4.78, 5) is 28.7. The summed E-state index contributed by atoms with van der Waals surface area (Å²) in [5.74, 6) is -1.55. The molecule has 3 aromatic rings. The highest BCUT2D eigenvalue weighted by Gasteiger charge is 2.33. The van der Waals surface area contributed by atoms with Crippen molar-refractivity contribution in [3.05, 3.63) is 101 Å². The molecule has 0 aliphatic carbocycles. The first-order valence-electron chi connectivity index (χ1n) is 12.9. The number of nitrogens with one attached hydrogen (secondary N) is 1. The molecule has 208 valence electrons. The van der Waals surface area contributed by atoms with Crippen LogP contribution in [0.15, 0.2) is 78.9 Å². The van der Waals surface area contributed by atoms with Crippen LogP contribution in [-0.2, 0) is 39.0 Å². The van der Waals surface area contributed by atoms with Crippen molar-refractivity contribution in [1.29, 1.82) is 0 Å². The van der Waals surface area contributed by atoms with Gasteiger partial charge in [-0.05, 0) is 49.6 Å². The second-order valence-electron chi connectivity index (χ2n) is 9.77. The Balaban J connectivity index is 2.05. The molecule has 0 saturated carbocycles. The number of sulfonamides is 1. The molecule has 39 heavy (non-hydrogen) atoms. The van der Waals surface area contributed by atoms with Gasteiger partial charge in [0.25, 0.3) is 0 Å². The average Bonchev–Trinajstić information content (AvgIpc) is 2.89. The van der Waals surface area contributed by atoms with Crippen molar-refractivity contribution in [3.8, 4) is 0 Å². The number of hydrogen-bond donors (Lipinski definition) is 1. The summed E-state index contributed by atoms with van der Waals surface area (Å²) >= 11 is 0. The molecule has 0 aliphatic heterocycles. The Morgan fingerprint density at radius 1 is 0.897 bits per heavy atom. The molecule has 3 aromatic carbocycles. The summed E-state index contributed by atoms with van der Waals surface area (Å²) in [6.45, 7) is 4.86. The largest absolute Gasteiger partial charge is 0.352 e. The lowest BCUT2D eigenvalue weighted by atomic mass is 10.0. The highest BCUT2D eigenvalue weighted by molar-refractivity contribution is 7.92. The summed E-state index contributed by atoms with van der Waals surface area (Å²) in [5, 5.41) is 2.87. The van der Waals surface area contributed by atoms with Crippen molar-refractivity contribution in [2.75, 3.05) is 17.1 Å². The number of carbonyl (C=O) groups is 2. The number of hydrogen-bond acceptors (Lipinski definition) is 4. The van der Waals surface area contributed by atoms with Crippen LogP contribution < -0.4 is 9.62 Å². The maximum atomic E-state index is 14.8. The third kappa shape index (κ3) is 8.38. The summed E-state index contributed by atoms with van der Waals surface area (Å²) in [5.41, 5.74) is 2.38. The van der Waals surface area contributed by atoms with Gasteiger partial charge in [-0.3, -0.25) is 13.9 Å². The molecular formula is C30H36FN3O4S. The first-order valence-corrected chi connectivity index (χ1v) is 14.8. The Bertz CT molecular complexity index is 1360. The van der Waals surface area contributed by atoms with E-state index in [0.717, 1.165) is 28.1 Å². The molecule has 2 amide bonds. The van der Waals surface area contributed by atoms with Crippen LogP contribution in [0.25, 0.3) is 0 Å². The molecule has 0 bridgehead atoms. The smallest absolute Gasteiger partial charge is 0.244 e. The first kappa shape index (κ1) is 29.8. The highest BCUT2D eigenvalue weighted by atomic mass is 32.2. The third-order valence-electron chi connectivity index (χ3n) is 6.31. The van der Waals surface area contributed by atoms with Crippen LogP contribution in [0.3, 0.4) is 0 Å². The zero-order chi connectivity index (χ0) is 28.6. The van der Waals surface area contributed by atoms with Crippen LogP contribution in [0.4, 0.5) is 10.1 Å². The van der Waals surface area contributed by atoms with Crippen LogP contribution in [0.1, 0.15) is 37.5 Å². The molecule has 0 fully saturated rings. The van der Waals surface area contributed by atoms with E-state index in [1.54, 1.807) is 30.3 Å². The number of carbonyl (C=O) groups excluding carboxylic acids is 2. The lowest BCUT2D eigenvalue weighted by Gasteiger charge is -2.34. The van der Waals surface area contributed by atoms with Gasteiger partial charge in [-0.2, -0.15) is 0 Å². The van der Waals surface area contributed by atoms with Gasteiger partial charge in [0.15, 0.2) is 0 Å². The van der Waals surface area contributed by atoms with Crippen LogP contribution in [0.5, 0.6) is 0 Å². The van der Waals surface area contributed by atoms with Gasteiger partial charge in [0.05, 0.1) is 11.9 Å². The number of anilines is 1. The maximum Gasteiger partial charge on any atom is 0.244 e. The van der Waals surface area contributed by atoms with E-state index in [-0.39, 0.29) is 24.6 Å². The van der Waals surface area contributed by atoms with E-state index < -0.39 is 40.2 Å². The minimum atomic E-state index is -3.86. The Morgan fingerprint density at radius 3 is 2.08 bits per heavy atom. The zero-order valence-electron chi connectivity index (χ0n) is 22.8. The number of benzene rings is 3. The highest BCUT2D eigenvalue weighted by Crippen LogP contribution is 2.22. The van der Waals surface area contributed by atoms with Crippen LogP contribution >= 0.6 is 0 Å². The van der Waals surface area contributed by atoms with Crippen molar-refractivity contribution in [1.82, 2.24) is 10.2 Å². The molecule has 3 rings (SSSR count). The normalized spacial score (nSPS) is 12.2. The molecule has 7 nitrogen and oxygen atoms in total. The quantitative estimate of drug-likeness (QED) is 0.362. The molecule has 0 aliphatic rings. The average molecular weight is 554 g/mol. The predicted octanol–water partition coefficient (Wildman–Crippen LogP) is 4.32. The second kappa shape index (κ2) is 13.4. The maximum absolute atomic E-state index is 14.8. The van der Waals surface area contributed by atoms with Gasteiger partial charge < -0.3 is 10.2 Å². The third-order valence-corrected chi connectivity index (χ3v) is 7.45. The molecule has 9 heteroatoms. The molecule has 0 heterocycles. The number of amides is 2. The fraction of sp³-hybridized carbons (Fsp3) is 0.333. The molecule has 1 N–H and O–H groups in total. The summed E-state index contributed by atoms with van der Waals surface area (Å²) < 4.78 is 41.4. The van der Waals surface area contributed by atoms with Gasteiger partial charge in [-0.15, -0.1) is 0 Å². The van der Waals surface area contributed by atoms with Gasteiger partial charge in [-0.25, -0.2) is 12.8 Å². The standard InChI is InChI=1S/C30H36FN3O4S/c1-5-23-15-17-26(18-16-23)34(39(4,37)38)21-29(35)33(20-25-13-9-10-14-27(25)31)28(30(36)32-22(2)3)19-24-11-7-6-8-12-24/h6-18,22,28H,5,19-21H2,1-4H3,(H,32,36)/t28-/m0/s1. The fourth-order valence-electron chi connectivity index (χ4n) is 4.26. The molecule has 1 atom stereocenters. The van der Waals surface area contributed by atoms with Crippen molar-refractivity contribution in [2.45, 2.75) is 52.2 Å². The van der Waals surface area contributed by atoms with E-state index in [4.69, 9.17) is 0 Å². The van der Waals surface area contributed by atoms with E-state index in [1.165, 1.54) is 11.0 Å². The van der Waals surface area contributed by atoms with E-state index in [9.17, 15) is 22.4 Å². The van der Waals surface area contributed by atoms with Crippen LogP contribution in [-0.4, -0.2) is 50.0 Å². The number of halogens is 1. The van der Waals surface area contributed by atoms with E-state index >= 15 is 0 Å². The van der Waals surface area contributed by atoms with Gasteiger partial charge >= 0.3 is 0 Å². The monoisotopic (exact) mass is 553 g/mol. The van der Waals surface area contributed by atoms with Crippen LogP contribution in [0.2, 0.25) is 0 Å². The number of rotatable bonds is 12. The second-order valence-corrected chi connectivity index (χ2v) is 11.7. The summed E-state index contributed by atoms with van der Waals surface area (Å²) in [6, 6.07) is 21.0. The van der Waals surface area contributed by atoms with Gasteiger partial charge in [-0.1, -0.05) is 67.6 Å². The van der Waals surface area contributed by atoms with Crippen molar-refractivity contribution in [2.24, 2.45) is 0 Å². The minimum absolute atomic E-state index is 0.170. The molecule has 0 saturated heterocycles. The summed E-state index contributed by atoms with van der Waals surface area (Å²) in [6.07, 6.45) is 1.98. The van der Waals surface area contributed by atoms with Crippen LogP contribution in [0, 0.1) is 5.82 Å². The Labute approximate surface area is 230 Å². The van der Waals surface area contributed by atoms with E-state index in [0.29, 0.717) is 5.69 Å². The first-order chi connectivity index (χ1) is 18.5. The van der Waals surface area contributed by atoms with Crippen molar-refractivity contribution >= 4 is 27.5 Å². The van der Waals surface area contributed by atoms with E-state index in [2.05, 4.69) is 5.32 Å². The molecule has 0 radical (unpaired) electrons. The number of nitrogens with zero attached hydrogens (tertiary/aromatic N) is 2. The van der Waals surface area contributed by atoms with Crippen molar-refractivity contribution in [3.63, 3.8) is 0 Å². The fourth-order valence-corrected chi connectivity index (χ4v) is 5.11. The molecule has 0 aromatic heterocycles. The topological polar surface area (TPSA) is 86.8 Å². The van der Waals surface area contributed by atoms with Crippen molar-refractivity contribution < 1.29 is 22.4 Å². The minimum Gasteiger partial charge on any atom is -0.352 e. The lowest BCUT2D eigenvalue weighted by Crippen LogP contribution is -2.54. The molecular weight excluding hydrogens is 517 g/mol. The Hall–Kier alpha value is -3.72. The van der Waals surface area contributed by atoms with Gasteiger partial charge in [0.2, 0.25) is 21.8 Å². The predicted molar refractivity (Wildman–Crippen MR) is 152 cm³/mol. The SMILES string of the molecule is CCc1ccc(N(CC(=O)N(Cc2ccccc2F)[C@@H](Cc2ccccc2)C(=O)NC(C)C)S(C)(=O)=O)cc1.